The normalized spacial score (nSPS) is 18.9. The largest absolute Gasteiger partial charge is 0.486 e. The number of carbonyl (C=O) groups is 1. The Morgan fingerprint density at radius 3 is 2.88 bits per heavy atom. The number of rotatable bonds is 6. The average molecular weight is 465 g/mol. The number of benzene rings is 1. The average Bonchev–Trinajstić information content (AvgIpc) is 2.85. The zero-order valence-corrected chi connectivity index (χ0v) is 19.0. The highest BCUT2D eigenvalue weighted by Crippen LogP contribution is 2.37. The molecular formula is C23H24FN7O3. The van der Waals surface area contributed by atoms with E-state index in [4.69, 9.17) is 4.74 Å². The van der Waals surface area contributed by atoms with Gasteiger partial charge < -0.3 is 15.4 Å². The van der Waals surface area contributed by atoms with E-state index >= 15 is 4.39 Å². The van der Waals surface area contributed by atoms with Crippen LogP contribution in [0.4, 0.5) is 15.9 Å². The maximum Gasteiger partial charge on any atom is 0.349 e. The molecule has 10 nitrogen and oxygen atoms in total. The summed E-state index contributed by atoms with van der Waals surface area (Å²) in [7, 11) is 1.55. The second-order valence-corrected chi connectivity index (χ2v) is 8.27. The van der Waals surface area contributed by atoms with Gasteiger partial charge in [0.05, 0.1) is 23.6 Å². The quantitative estimate of drug-likeness (QED) is 0.573. The van der Waals surface area contributed by atoms with Gasteiger partial charge in [-0.15, -0.1) is 0 Å². The lowest BCUT2D eigenvalue weighted by Crippen LogP contribution is -2.60. The second-order valence-electron chi connectivity index (χ2n) is 8.27. The Labute approximate surface area is 194 Å². The number of nitrogens with one attached hydrogen (secondary N) is 2. The summed E-state index contributed by atoms with van der Waals surface area (Å²) in [6.07, 6.45) is 2.93. The number of likely N-dealkylation sites (tertiary alicyclic amines) is 1. The molecule has 2 N–H and O–H groups in total. The highest BCUT2D eigenvalue weighted by molar-refractivity contribution is 6.06. The van der Waals surface area contributed by atoms with Gasteiger partial charge >= 0.3 is 5.69 Å². The van der Waals surface area contributed by atoms with Crippen molar-refractivity contribution in [3.8, 4) is 5.75 Å². The van der Waals surface area contributed by atoms with E-state index in [-0.39, 0.29) is 23.6 Å². The van der Waals surface area contributed by atoms with Crippen LogP contribution in [0.1, 0.15) is 29.9 Å². The SMILES string of the molecule is CCn1c2c3c(cc(CN4C[C@H](Oc5ccc(C(=O)NC)nc5)[C@H]4C)c(F)c3nc1=O)NC=N2. The molecule has 4 heterocycles. The molecule has 2 aromatic heterocycles. The highest BCUT2D eigenvalue weighted by atomic mass is 19.1. The fourth-order valence-electron chi connectivity index (χ4n) is 4.32. The topological polar surface area (TPSA) is 114 Å². The van der Waals surface area contributed by atoms with Gasteiger partial charge in [-0.05, 0) is 32.0 Å². The molecule has 0 spiro atoms. The first-order valence-electron chi connectivity index (χ1n) is 11.0. The van der Waals surface area contributed by atoms with Crippen molar-refractivity contribution in [3.05, 3.63) is 52.0 Å². The third-order valence-corrected chi connectivity index (χ3v) is 6.34. The molecule has 34 heavy (non-hydrogen) atoms. The smallest absolute Gasteiger partial charge is 0.349 e. The second kappa shape index (κ2) is 8.49. The molecule has 0 saturated carbocycles. The van der Waals surface area contributed by atoms with Gasteiger partial charge in [0.1, 0.15) is 28.9 Å². The van der Waals surface area contributed by atoms with E-state index < -0.39 is 11.5 Å². The lowest BCUT2D eigenvalue weighted by atomic mass is 9.98. The van der Waals surface area contributed by atoms with Crippen molar-refractivity contribution >= 4 is 34.7 Å². The number of hydrogen-bond donors (Lipinski definition) is 2. The summed E-state index contributed by atoms with van der Waals surface area (Å²) in [5.41, 5.74) is 0.946. The molecule has 3 aromatic rings. The van der Waals surface area contributed by atoms with Crippen molar-refractivity contribution in [2.24, 2.45) is 4.99 Å². The monoisotopic (exact) mass is 465 g/mol. The summed E-state index contributed by atoms with van der Waals surface area (Å²) < 4.78 is 22.9. The molecule has 1 fully saturated rings. The zero-order chi connectivity index (χ0) is 24.0. The van der Waals surface area contributed by atoms with Crippen LogP contribution in [-0.2, 0) is 13.1 Å². The number of carbonyl (C=O) groups excluding carboxylic acids is 1. The van der Waals surface area contributed by atoms with Crippen LogP contribution in [0.5, 0.6) is 5.75 Å². The zero-order valence-electron chi connectivity index (χ0n) is 19.0. The van der Waals surface area contributed by atoms with E-state index in [0.717, 1.165) is 0 Å². The molecular weight excluding hydrogens is 441 g/mol. The van der Waals surface area contributed by atoms with E-state index in [9.17, 15) is 9.59 Å². The molecule has 2 atom stereocenters. The van der Waals surface area contributed by atoms with Crippen LogP contribution in [-0.4, -0.2) is 57.4 Å². The van der Waals surface area contributed by atoms with E-state index in [0.29, 0.717) is 53.5 Å². The summed E-state index contributed by atoms with van der Waals surface area (Å²) in [5.74, 6) is 0.211. The first-order valence-corrected chi connectivity index (χ1v) is 11.0. The maximum absolute atomic E-state index is 15.4. The predicted molar refractivity (Wildman–Crippen MR) is 125 cm³/mol. The standard InChI is InChI=1S/C23H24FN7O3/c1-4-31-21-18-16(27-11-28-21)7-13(19(24)20(18)29-23(31)33)9-30-10-17(12(30)2)34-14-5-6-15(26-8-14)22(32)25-3/h5-8,11-12,17H,4,9-10H2,1-3H3,(H,25,32)(H,27,28)/t12-,17+/m1/s1. The number of amides is 1. The van der Waals surface area contributed by atoms with Gasteiger partial charge in [-0.25, -0.2) is 19.2 Å². The Hall–Kier alpha value is -3.86. The van der Waals surface area contributed by atoms with Crippen molar-refractivity contribution in [1.82, 2.24) is 24.8 Å². The minimum Gasteiger partial charge on any atom is -0.486 e. The van der Waals surface area contributed by atoms with Crippen molar-refractivity contribution in [2.75, 3.05) is 18.9 Å². The molecule has 5 rings (SSSR count). The number of halogens is 1. The third kappa shape index (κ3) is 3.58. The number of pyridine rings is 1. The molecule has 0 aliphatic carbocycles. The number of aromatic nitrogens is 3. The number of ether oxygens (including phenoxy) is 1. The predicted octanol–water partition coefficient (Wildman–Crippen LogP) is 2.05. The molecule has 2 aliphatic heterocycles. The van der Waals surface area contributed by atoms with E-state index in [1.807, 2.05) is 13.8 Å². The van der Waals surface area contributed by atoms with Gasteiger partial charge in [-0.3, -0.25) is 14.3 Å². The third-order valence-electron chi connectivity index (χ3n) is 6.34. The molecule has 0 bridgehead atoms. The van der Waals surface area contributed by atoms with Gasteiger partial charge in [-0.1, -0.05) is 0 Å². The van der Waals surface area contributed by atoms with Crippen LogP contribution in [0.15, 0.2) is 34.2 Å². The van der Waals surface area contributed by atoms with Crippen molar-refractivity contribution < 1.29 is 13.9 Å². The van der Waals surface area contributed by atoms with E-state index in [2.05, 4.69) is 30.5 Å². The molecule has 11 heteroatoms. The van der Waals surface area contributed by atoms with Gasteiger partial charge in [0, 0.05) is 38.3 Å². The van der Waals surface area contributed by atoms with Crippen molar-refractivity contribution in [3.63, 3.8) is 0 Å². The van der Waals surface area contributed by atoms with Gasteiger partial charge in [0.2, 0.25) is 0 Å². The Kier molecular flexibility index (Phi) is 5.48. The molecule has 1 amide bonds. The minimum atomic E-state index is -0.520. The van der Waals surface area contributed by atoms with Crippen LogP contribution in [0.2, 0.25) is 0 Å². The van der Waals surface area contributed by atoms with Crippen LogP contribution in [0.25, 0.3) is 10.9 Å². The first-order chi connectivity index (χ1) is 16.4. The highest BCUT2D eigenvalue weighted by Gasteiger charge is 2.38. The van der Waals surface area contributed by atoms with E-state index in [1.54, 1.807) is 25.2 Å². The van der Waals surface area contributed by atoms with Gasteiger partial charge in [0.25, 0.3) is 5.91 Å². The van der Waals surface area contributed by atoms with Gasteiger partial charge in [0.15, 0.2) is 5.82 Å². The maximum atomic E-state index is 15.4. The van der Waals surface area contributed by atoms with Crippen LogP contribution < -0.4 is 21.1 Å². The Bertz CT molecular complexity index is 1370. The lowest BCUT2D eigenvalue weighted by molar-refractivity contribution is -0.0419. The van der Waals surface area contributed by atoms with Crippen molar-refractivity contribution in [1.29, 1.82) is 0 Å². The number of hydrogen-bond acceptors (Lipinski definition) is 8. The summed E-state index contributed by atoms with van der Waals surface area (Å²) >= 11 is 0. The lowest BCUT2D eigenvalue weighted by Gasteiger charge is -2.45. The number of anilines is 1. The summed E-state index contributed by atoms with van der Waals surface area (Å²) in [6.45, 7) is 5.16. The Balaban J connectivity index is 1.34. The number of nitrogens with zero attached hydrogens (tertiary/aromatic N) is 5. The summed E-state index contributed by atoms with van der Waals surface area (Å²) in [6, 6.07) is 5.09. The van der Waals surface area contributed by atoms with E-state index in [1.165, 1.54) is 17.1 Å². The molecule has 1 saturated heterocycles. The van der Waals surface area contributed by atoms with Crippen LogP contribution in [0.3, 0.4) is 0 Å². The summed E-state index contributed by atoms with van der Waals surface area (Å²) in [4.78, 5) is 38.5. The Morgan fingerprint density at radius 2 is 2.21 bits per heavy atom. The summed E-state index contributed by atoms with van der Waals surface area (Å²) in [5, 5.41) is 6.09. The minimum absolute atomic E-state index is 0.0243. The fourth-order valence-corrected chi connectivity index (χ4v) is 4.32. The number of aliphatic imine (C=N–C) groups is 1. The molecule has 1 aromatic carbocycles. The molecule has 176 valence electrons. The first kappa shape index (κ1) is 22.0. The van der Waals surface area contributed by atoms with Crippen LogP contribution in [0, 0.1) is 5.82 Å². The van der Waals surface area contributed by atoms with Crippen LogP contribution >= 0.6 is 0 Å². The molecule has 2 aliphatic rings. The Morgan fingerprint density at radius 1 is 1.38 bits per heavy atom. The molecule has 0 radical (unpaired) electrons. The van der Waals surface area contributed by atoms with Crippen molar-refractivity contribution in [2.45, 2.75) is 39.1 Å². The van der Waals surface area contributed by atoms with Gasteiger partial charge in [-0.2, -0.15) is 4.98 Å². The fraction of sp³-hybridized carbons (Fsp3) is 0.348. The molecule has 0 unspecified atom stereocenters.